The molecule has 0 unspecified atom stereocenters. The van der Waals surface area contributed by atoms with E-state index in [1.54, 1.807) is 18.2 Å². The predicted molar refractivity (Wildman–Crippen MR) is 132 cm³/mol. The van der Waals surface area contributed by atoms with E-state index in [0.29, 0.717) is 21.6 Å². The Labute approximate surface area is 201 Å². The number of rotatable bonds is 6. The Bertz CT molecular complexity index is 1280. The van der Waals surface area contributed by atoms with Crippen LogP contribution in [0.3, 0.4) is 0 Å². The Hall–Kier alpha value is -3.34. The second-order valence-electron chi connectivity index (χ2n) is 8.03. The first kappa shape index (κ1) is 21.5. The molecule has 0 radical (unpaired) electrons. The second kappa shape index (κ2) is 8.89. The average Bonchev–Trinajstić information content (AvgIpc) is 3.45. The third-order valence-corrected chi connectivity index (χ3v) is 6.79. The fourth-order valence-electron chi connectivity index (χ4n) is 4.32. The molecule has 1 amide bonds. The molecule has 1 aliphatic rings. The number of carbonyl (C=O) groups excluding carboxylic acids is 1. The predicted octanol–water partition coefficient (Wildman–Crippen LogP) is 6.71. The molecule has 1 aromatic heterocycles. The molecule has 0 aliphatic heterocycles. The molecule has 0 bridgehead atoms. The summed E-state index contributed by atoms with van der Waals surface area (Å²) in [6.07, 6.45) is 2.23. The van der Waals surface area contributed by atoms with Gasteiger partial charge in [-0.05, 0) is 47.9 Å². The molecule has 6 heteroatoms. The minimum Gasteiger partial charge on any atom is -0.455 e. The summed E-state index contributed by atoms with van der Waals surface area (Å²) in [4.78, 5) is 13.0. The summed E-state index contributed by atoms with van der Waals surface area (Å²) in [5.41, 5.74) is 5.44. The molecule has 0 spiro atoms. The summed E-state index contributed by atoms with van der Waals surface area (Å²) in [5, 5.41) is 5.07. The minimum atomic E-state index is -0.326. The van der Waals surface area contributed by atoms with Gasteiger partial charge >= 0.3 is 0 Å². The van der Waals surface area contributed by atoms with Gasteiger partial charge in [0.2, 0.25) is 5.91 Å². The zero-order valence-electron chi connectivity index (χ0n) is 17.5. The van der Waals surface area contributed by atoms with Gasteiger partial charge in [-0.1, -0.05) is 83.9 Å². The van der Waals surface area contributed by atoms with E-state index in [1.807, 2.05) is 48.5 Å². The van der Waals surface area contributed by atoms with Crippen LogP contribution < -0.4 is 5.43 Å². The SMILES string of the molecule is O=C(N/N=C\c1ccc(-c2ccc(Cl)c(Cl)c2)o1)[C@@H]1CC1(c1ccccc1)c1ccccc1. The van der Waals surface area contributed by atoms with E-state index in [1.165, 1.54) is 6.21 Å². The van der Waals surface area contributed by atoms with E-state index in [4.69, 9.17) is 27.6 Å². The van der Waals surface area contributed by atoms with Crippen LogP contribution in [0.2, 0.25) is 10.0 Å². The molecule has 0 saturated heterocycles. The van der Waals surface area contributed by atoms with Crippen molar-refractivity contribution in [1.29, 1.82) is 0 Å². The normalized spacial score (nSPS) is 16.6. The topological polar surface area (TPSA) is 54.6 Å². The maximum Gasteiger partial charge on any atom is 0.244 e. The summed E-state index contributed by atoms with van der Waals surface area (Å²) >= 11 is 12.1. The molecule has 5 rings (SSSR count). The van der Waals surface area contributed by atoms with E-state index in [0.717, 1.165) is 23.1 Å². The van der Waals surface area contributed by atoms with Crippen LogP contribution in [0, 0.1) is 5.92 Å². The first-order valence-electron chi connectivity index (χ1n) is 10.6. The maximum atomic E-state index is 13.0. The Kier molecular flexibility index (Phi) is 5.79. The number of carbonyl (C=O) groups is 1. The summed E-state index contributed by atoms with van der Waals surface area (Å²) in [6.45, 7) is 0. The number of halogens is 2. The summed E-state index contributed by atoms with van der Waals surface area (Å²) in [7, 11) is 0. The lowest BCUT2D eigenvalue weighted by molar-refractivity contribution is -0.122. The van der Waals surface area contributed by atoms with Crippen LogP contribution in [-0.4, -0.2) is 12.1 Å². The van der Waals surface area contributed by atoms with Crippen molar-refractivity contribution >= 4 is 35.3 Å². The number of nitrogens with zero attached hydrogens (tertiary/aromatic N) is 1. The molecule has 3 aromatic carbocycles. The summed E-state index contributed by atoms with van der Waals surface area (Å²) in [6, 6.07) is 29.2. The van der Waals surface area contributed by atoms with Crippen molar-refractivity contribution in [3.63, 3.8) is 0 Å². The molecule has 4 nitrogen and oxygen atoms in total. The van der Waals surface area contributed by atoms with Crippen molar-refractivity contribution in [3.8, 4) is 11.3 Å². The van der Waals surface area contributed by atoms with E-state index >= 15 is 0 Å². The van der Waals surface area contributed by atoms with Gasteiger partial charge in [0.25, 0.3) is 0 Å². The lowest BCUT2D eigenvalue weighted by Gasteiger charge is -2.18. The second-order valence-corrected chi connectivity index (χ2v) is 8.84. The maximum absolute atomic E-state index is 13.0. The van der Waals surface area contributed by atoms with Crippen LogP contribution in [0.25, 0.3) is 11.3 Å². The molecule has 1 heterocycles. The van der Waals surface area contributed by atoms with Gasteiger partial charge in [-0.25, -0.2) is 5.43 Å². The van der Waals surface area contributed by atoms with Gasteiger partial charge in [0.15, 0.2) is 0 Å². The molecule has 33 heavy (non-hydrogen) atoms. The van der Waals surface area contributed by atoms with E-state index in [-0.39, 0.29) is 17.2 Å². The van der Waals surface area contributed by atoms with Crippen molar-refractivity contribution in [2.24, 2.45) is 11.0 Å². The van der Waals surface area contributed by atoms with Gasteiger partial charge in [0, 0.05) is 11.0 Å². The summed E-state index contributed by atoms with van der Waals surface area (Å²) in [5.74, 6) is 0.846. The quantitative estimate of drug-likeness (QED) is 0.249. The number of hydrogen-bond donors (Lipinski definition) is 1. The van der Waals surface area contributed by atoms with Crippen LogP contribution >= 0.6 is 23.2 Å². The minimum absolute atomic E-state index is 0.116. The number of benzene rings is 3. The van der Waals surface area contributed by atoms with Crippen LogP contribution in [0.15, 0.2) is 101 Å². The molecule has 1 fully saturated rings. The molecular weight excluding hydrogens is 455 g/mol. The molecule has 4 aromatic rings. The Morgan fingerprint density at radius 1 is 0.909 bits per heavy atom. The van der Waals surface area contributed by atoms with Crippen molar-refractivity contribution in [2.75, 3.05) is 0 Å². The van der Waals surface area contributed by atoms with Gasteiger partial charge in [0.1, 0.15) is 11.5 Å². The first-order valence-corrected chi connectivity index (χ1v) is 11.3. The zero-order chi connectivity index (χ0) is 22.8. The number of hydrazone groups is 1. The monoisotopic (exact) mass is 474 g/mol. The third-order valence-electron chi connectivity index (χ3n) is 6.05. The van der Waals surface area contributed by atoms with Crippen LogP contribution in [-0.2, 0) is 10.2 Å². The molecule has 164 valence electrons. The van der Waals surface area contributed by atoms with Gasteiger partial charge in [-0.15, -0.1) is 0 Å². The van der Waals surface area contributed by atoms with Crippen molar-refractivity contribution in [3.05, 3.63) is 118 Å². The fourth-order valence-corrected chi connectivity index (χ4v) is 4.62. The van der Waals surface area contributed by atoms with Gasteiger partial charge in [0.05, 0.1) is 22.2 Å². The molecular formula is C27H20Cl2N2O2. The smallest absolute Gasteiger partial charge is 0.244 e. The lowest BCUT2D eigenvalue weighted by atomic mass is 9.85. The number of furan rings is 1. The van der Waals surface area contributed by atoms with E-state index in [9.17, 15) is 4.79 Å². The number of amides is 1. The lowest BCUT2D eigenvalue weighted by Crippen LogP contribution is -2.25. The molecule has 1 aliphatic carbocycles. The fraction of sp³-hybridized carbons (Fsp3) is 0.111. The Balaban J connectivity index is 1.30. The van der Waals surface area contributed by atoms with Gasteiger partial charge in [-0.2, -0.15) is 5.10 Å². The van der Waals surface area contributed by atoms with Crippen molar-refractivity contribution < 1.29 is 9.21 Å². The van der Waals surface area contributed by atoms with Gasteiger partial charge < -0.3 is 4.42 Å². The highest BCUT2D eigenvalue weighted by molar-refractivity contribution is 6.42. The van der Waals surface area contributed by atoms with Crippen LogP contribution in [0.1, 0.15) is 23.3 Å². The van der Waals surface area contributed by atoms with Crippen LogP contribution in [0.4, 0.5) is 0 Å². The third kappa shape index (κ3) is 4.20. The first-order chi connectivity index (χ1) is 16.1. The van der Waals surface area contributed by atoms with Crippen LogP contribution in [0.5, 0.6) is 0 Å². The zero-order valence-corrected chi connectivity index (χ0v) is 19.1. The molecule has 1 atom stereocenters. The highest BCUT2D eigenvalue weighted by Crippen LogP contribution is 2.58. The largest absolute Gasteiger partial charge is 0.455 e. The highest BCUT2D eigenvalue weighted by atomic mass is 35.5. The number of nitrogens with one attached hydrogen (secondary N) is 1. The highest BCUT2D eigenvalue weighted by Gasteiger charge is 2.60. The molecule has 1 N–H and O–H groups in total. The average molecular weight is 475 g/mol. The molecule has 1 saturated carbocycles. The van der Waals surface area contributed by atoms with E-state index < -0.39 is 0 Å². The Morgan fingerprint density at radius 3 is 2.21 bits per heavy atom. The van der Waals surface area contributed by atoms with Crippen molar-refractivity contribution in [2.45, 2.75) is 11.8 Å². The van der Waals surface area contributed by atoms with Gasteiger partial charge in [-0.3, -0.25) is 4.79 Å². The summed E-state index contributed by atoms with van der Waals surface area (Å²) < 4.78 is 5.80. The number of hydrogen-bond acceptors (Lipinski definition) is 3. The Morgan fingerprint density at radius 2 is 1.58 bits per heavy atom. The standard InChI is InChI=1S/C27H20Cl2N2O2/c28-23-13-11-18(15-24(23)29)25-14-12-21(33-25)17-30-31-26(32)22-16-27(22,19-7-3-1-4-8-19)20-9-5-2-6-10-20/h1-15,17,22H,16H2,(H,31,32)/b30-17-/t22-/m0/s1. The van der Waals surface area contributed by atoms with E-state index in [2.05, 4.69) is 34.8 Å². The van der Waals surface area contributed by atoms with Crippen molar-refractivity contribution in [1.82, 2.24) is 5.43 Å².